The number of carbonyl (C=O) groups is 3. The minimum absolute atomic E-state index is 0.152. The molecule has 11 heteroatoms. The summed E-state index contributed by atoms with van der Waals surface area (Å²) in [6.45, 7) is 4.00. The van der Waals surface area contributed by atoms with Crippen molar-refractivity contribution in [1.29, 1.82) is 0 Å². The van der Waals surface area contributed by atoms with Crippen LogP contribution in [-0.2, 0) is 39.9 Å². The summed E-state index contributed by atoms with van der Waals surface area (Å²) < 4.78 is 22.0. The normalized spacial score (nSPS) is 28.9. The van der Waals surface area contributed by atoms with Crippen LogP contribution in [0.4, 0.5) is 0 Å². The number of esters is 3. The molecule has 0 radical (unpaired) electrons. The molecule has 2 saturated heterocycles. The maximum absolute atomic E-state index is 11.7. The molecule has 3 heterocycles. The number of aliphatic imine (C=N–C) groups is 1. The van der Waals surface area contributed by atoms with Crippen molar-refractivity contribution < 1.29 is 33.3 Å². The van der Waals surface area contributed by atoms with Crippen molar-refractivity contribution in [3.63, 3.8) is 0 Å². The Kier molecular flexibility index (Phi) is 7.27. The molecule has 0 aliphatic carbocycles. The molecule has 10 nitrogen and oxygen atoms in total. The van der Waals surface area contributed by atoms with Crippen molar-refractivity contribution >= 4 is 34.8 Å². The fourth-order valence-electron chi connectivity index (χ4n) is 3.16. The lowest BCUT2D eigenvalue weighted by Gasteiger charge is -2.41. The largest absolute Gasteiger partial charge is 0.463 e. The Morgan fingerprint density at radius 3 is 2.50 bits per heavy atom. The van der Waals surface area contributed by atoms with E-state index in [-0.39, 0.29) is 6.61 Å². The maximum atomic E-state index is 11.7. The molecule has 0 bridgehead atoms. The molecule has 0 saturated carbocycles. The van der Waals surface area contributed by atoms with Crippen LogP contribution in [0.15, 0.2) is 29.4 Å². The molecule has 0 spiro atoms. The number of ether oxygens (including phenoxy) is 4. The molecule has 0 amide bonds. The molecule has 0 aromatic carbocycles. The first kappa shape index (κ1) is 22.0. The van der Waals surface area contributed by atoms with Gasteiger partial charge in [-0.2, -0.15) is 0 Å². The van der Waals surface area contributed by atoms with Crippen LogP contribution in [-0.4, -0.2) is 64.5 Å². The van der Waals surface area contributed by atoms with E-state index in [1.165, 1.54) is 32.5 Å². The van der Waals surface area contributed by atoms with Gasteiger partial charge in [-0.3, -0.25) is 24.4 Å². The van der Waals surface area contributed by atoms with Gasteiger partial charge in [0, 0.05) is 27.0 Å². The molecule has 2 fully saturated rings. The highest BCUT2D eigenvalue weighted by Gasteiger charge is 2.53. The van der Waals surface area contributed by atoms with Gasteiger partial charge in [0.1, 0.15) is 18.9 Å². The molecule has 30 heavy (non-hydrogen) atoms. The van der Waals surface area contributed by atoms with Crippen LogP contribution in [0.5, 0.6) is 0 Å². The monoisotopic (exact) mass is 437 g/mol. The van der Waals surface area contributed by atoms with E-state index >= 15 is 0 Å². The van der Waals surface area contributed by atoms with E-state index in [0.717, 1.165) is 5.69 Å². The van der Waals surface area contributed by atoms with E-state index in [2.05, 4.69) is 15.3 Å². The van der Waals surface area contributed by atoms with E-state index in [0.29, 0.717) is 11.7 Å². The first-order valence-electron chi connectivity index (χ1n) is 9.34. The van der Waals surface area contributed by atoms with Crippen LogP contribution < -0.4 is 5.32 Å². The van der Waals surface area contributed by atoms with Gasteiger partial charge >= 0.3 is 17.9 Å². The highest BCUT2D eigenvalue weighted by molar-refractivity contribution is 8.14. The van der Waals surface area contributed by atoms with Gasteiger partial charge in [0.2, 0.25) is 0 Å². The first-order chi connectivity index (χ1) is 14.3. The topological polar surface area (TPSA) is 125 Å². The minimum Gasteiger partial charge on any atom is -0.463 e. The van der Waals surface area contributed by atoms with Gasteiger partial charge in [0.05, 0.1) is 17.5 Å². The third-order valence-corrected chi connectivity index (χ3v) is 5.57. The van der Waals surface area contributed by atoms with Gasteiger partial charge in [-0.1, -0.05) is 17.8 Å². The Balaban J connectivity index is 1.80. The van der Waals surface area contributed by atoms with Crippen LogP contribution in [0, 0.1) is 0 Å². The SMILES string of the molecule is CC(=O)OC[C@H]1O[C@@H]2NC(=NCc3ccccn3)S[C@@H]2[C@@H](OC(C)=O)[C@@H]1OC(C)=O. The zero-order valence-electron chi connectivity index (χ0n) is 16.8. The van der Waals surface area contributed by atoms with Gasteiger partial charge in [0.15, 0.2) is 17.4 Å². The number of nitrogens with one attached hydrogen (secondary N) is 1. The van der Waals surface area contributed by atoms with Gasteiger partial charge in [-0.15, -0.1) is 0 Å². The Morgan fingerprint density at radius 1 is 1.13 bits per heavy atom. The van der Waals surface area contributed by atoms with E-state index in [1.807, 2.05) is 18.2 Å². The predicted octanol–water partition coefficient (Wildman–Crippen LogP) is 0.794. The van der Waals surface area contributed by atoms with Crippen LogP contribution >= 0.6 is 11.8 Å². The quantitative estimate of drug-likeness (QED) is 0.504. The summed E-state index contributed by atoms with van der Waals surface area (Å²) in [5.41, 5.74) is 0.797. The van der Waals surface area contributed by atoms with Gasteiger partial charge in [0.25, 0.3) is 0 Å². The molecule has 1 aromatic heterocycles. The van der Waals surface area contributed by atoms with Crippen molar-refractivity contribution in [3.8, 4) is 0 Å². The zero-order valence-corrected chi connectivity index (χ0v) is 17.6. The fraction of sp³-hybridized carbons (Fsp3) is 0.526. The average Bonchev–Trinajstić information content (AvgIpc) is 3.09. The van der Waals surface area contributed by atoms with E-state index in [4.69, 9.17) is 18.9 Å². The van der Waals surface area contributed by atoms with Crippen LogP contribution in [0.1, 0.15) is 26.5 Å². The maximum Gasteiger partial charge on any atom is 0.303 e. The lowest BCUT2D eigenvalue weighted by molar-refractivity contribution is -0.213. The number of carbonyl (C=O) groups excluding carboxylic acids is 3. The molecule has 2 aliphatic rings. The summed E-state index contributed by atoms with van der Waals surface area (Å²) in [7, 11) is 0. The summed E-state index contributed by atoms with van der Waals surface area (Å²) in [5.74, 6) is -1.59. The number of fused-ring (bicyclic) bond motifs is 1. The van der Waals surface area contributed by atoms with E-state index < -0.39 is 47.7 Å². The van der Waals surface area contributed by atoms with Crippen molar-refractivity contribution in [2.75, 3.05) is 6.61 Å². The second-order valence-electron chi connectivity index (χ2n) is 6.72. The van der Waals surface area contributed by atoms with Gasteiger partial charge in [-0.25, -0.2) is 0 Å². The van der Waals surface area contributed by atoms with Crippen LogP contribution in [0.2, 0.25) is 0 Å². The summed E-state index contributed by atoms with van der Waals surface area (Å²) in [4.78, 5) is 43.4. The summed E-state index contributed by atoms with van der Waals surface area (Å²) in [5, 5.41) is 3.33. The zero-order chi connectivity index (χ0) is 21.7. The fourth-order valence-corrected chi connectivity index (χ4v) is 4.35. The lowest BCUT2D eigenvalue weighted by Crippen LogP contribution is -2.61. The Morgan fingerprint density at radius 2 is 1.87 bits per heavy atom. The number of rotatable bonds is 6. The minimum atomic E-state index is -0.934. The highest BCUT2D eigenvalue weighted by Crippen LogP contribution is 2.37. The average molecular weight is 437 g/mol. The number of nitrogens with zero attached hydrogens (tertiary/aromatic N) is 2. The molecule has 1 N–H and O–H groups in total. The molecule has 162 valence electrons. The molecule has 3 rings (SSSR count). The van der Waals surface area contributed by atoms with Crippen molar-refractivity contribution in [1.82, 2.24) is 10.3 Å². The smallest absolute Gasteiger partial charge is 0.303 e. The summed E-state index contributed by atoms with van der Waals surface area (Å²) in [6.07, 6.45) is -1.45. The molecule has 0 unspecified atom stereocenters. The Hall–Kier alpha value is -2.66. The highest BCUT2D eigenvalue weighted by atomic mass is 32.2. The molecule has 1 aromatic rings. The number of hydrogen-bond donors (Lipinski definition) is 1. The summed E-state index contributed by atoms with van der Waals surface area (Å²) >= 11 is 1.33. The second kappa shape index (κ2) is 9.90. The Labute approximate surface area is 177 Å². The van der Waals surface area contributed by atoms with Crippen molar-refractivity contribution in [2.45, 2.75) is 57.1 Å². The number of aromatic nitrogens is 1. The standard InChI is InChI=1S/C19H23N3O7S/c1-10(23)26-9-14-15(27-11(2)24)16(28-12(3)25)17-18(29-14)22-19(30-17)21-8-13-6-4-5-7-20-13/h4-7,14-18H,8-9H2,1-3H3,(H,21,22)/t14-,15-,16+,17-,18+/m1/s1. The molecular formula is C19H23N3O7S. The third-order valence-electron chi connectivity index (χ3n) is 4.31. The predicted molar refractivity (Wildman–Crippen MR) is 106 cm³/mol. The number of amidine groups is 1. The van der Waals surface area contributed by atoms with Gasteiger partial charge < -0.3 is 24.3 Å². The van der Waals surface area contributed by atoms with Crippen molar-refractivity contribution in [3.05, 3.63) is 30.1 Å². The second-order valence-corrected chi connectivity index (χ2v) is 7.88. The van der Waals surface area contributed by atoms with Crippen LogP contribution in [0.25, 0.3) is 0 Å². The number of thioether (sulfide) groups is 1. The summed E-state index contributed by atoms with van der Waals surface area (Å²) in [6, 6.07) is 5.56. The van der Waals surface area contributed by atoms with Crippen molar-refractivity contribution in [2.24, 2.45) is 4.99 Å². The Bertz CT molecular complexity index is 820. The van der Waals surface area contributed by atoms with E-state index in [9.17, 15) is 14.4 Å². The first-order valence-corrected chi connectivity index (χ1v) is 10.2. The lowest BCUT2D eigenvalue weighted by atomic mass is 9.99. The van der Waals surface area contributed by atoms with Crippen LogP contribution in [0.3, 0.4) is 0 Å². The number of hydrogen-bond acceptors (Lipinski definition) is 10. The molecular weight excluding hydrogens is 414 g/mol. The number of pyridine rings is 1. The van der Waals surface area contributed by atoms with Gasteiger partial charge in [-0.05, 0) is 12.1 Å². The molecule has 2 aliphatic heterocycles. The third kappa shape index (κ3) is 5.70. The molecule has 5 atom stereocenters. The van der Waals surface area contributed by atoms with E-state index in [1.54, 1.807) is 6.20 Å².